The van der Waals surface area contributed by atoms with Crippen LogP contribution in [0.2, 0.25) is 0 Å². The number of hydrogen-bond donors (Lipinski definition) is 1. The van der Waals surface area contributed by atoms with Crippen molar-refractivity contribution in [1.82, 2.24) is 0 Å². The third kappa shape index (κ3) is 2.23. The third-order valence-electron chi connectivity index (χ3n) is 1.77. The lowest BCUT2D eigenvalue weighted by atomic mass is 9.89. The van der Waals surface area contributed by atoms with E-state index in [1.54, 1.807) is 0 Å². The third-order valence-corrected chi connectivity index (χ3v) is 2.16. The topological polar surface area (TPSA) is 23.9 Å². The molecule has 0 radical (unpaired) electrons. The predicted octanol–water partition coefficient (Wildman–Crippen LogP) is 3.31. The maximum Gasteiger partial charge on any atom is 0.105 e. The maximum absolute atomic E-state index is 7.30. The van der Waals surface area contributed by atoms with E-state index in [1.165, 1.54) is 5.54 Å². The van der Waals surface area contributed by atoms with Crippen molar-refractivity contribution in [2.75, 3.05) is 0 Å². The Bertz CT molecular complexity index is 253. The first-order valence-electron chi connectivity index (χ1n) is 3.61. The Morgan fingerprint density at radius 2 is 2.00 bits per heavy atom. The Labute approximate surface area is 81.9 Å². The van der Waals surface area contributed by atoms with Gasteiger partial charge in [-0.3, -0.25) is 5.41 Å². The molecule has 1 nitrogen and oxygen atoms in total. The lowest BCUT2D eigenvalue weighted by Gasteiger charge is -2.18. The highest BCUT2D eigenvalue weighted by Crippen LogP contribution is 2.23. The number of allylic oxidation sites excluding steroid dienone is 5. The molecule has 1 rings (SSSR count). The molecule has 64 valence electrons. The fourth-order valence-corrected chi connectivity index (χ4v) is 1.53. The molecule has 0 fully saturated rings. The Morgan fingerprint density at radius 3 is 2.58 bits per heavy atom. The molecular formula is C9H9Cl2N. The summed E-state index contributed by atoms with van der Waals surface area (Å²) in [6.45, 7) is 0. The van der Waals surface area contributed by atoms with Gasteiger partial charge in [0.05, 0.1) is 0 Å². The van der Waals surface area contributed by atoms with Crippen molar-refractivity contribution in [2.24, 2.45) is 11.8 Å². The van der Waals surface area contributed by atoms with Gasteiger partial charge in [0, 0.05) is 17.4 Å². The summed E-state index contributed by atoms with van der Waals surface area (Å²) >= 11 is 11.1. The van der Waals surface area contributed by atoms with Crippen molar-refractivity contribution in [3.8, 4) is 0 Å². The molecule has 1 aliphatic carbocycles. The number of nitrogens with one attached hydrogen (secondary N) is 1. The molecule has 3 heteroatoms. The first-order chi connectivity index (χ1) is 5.75. The smallest absolute Gasteiger partial charge is 0.105 e. The predicted molar refractivity (Wildman–Crippen MR) is 53.8 cm³/mol. The van der Waals surface area contributed by atoms with Crippen molar-refractivity contribution >= 4 is 28.4 Å². The van der Waals surface area contributed by atoms with E-state index in [9.17, 15) is 0 Å². The molecule has 1 aliphatic rings. The van der Waals surface area contributed by atoms with Crippen LogP contribution in [0.3, 0.4) is 0 Å². The Morgan fingerprint density at radius 1 is 1.33 bits per heavy atom. The quantitative estimate of drug-likeness (QED) is 0.664. The van der Waals surface area contributed by atoms with Gasteiger partial charge in [-0.15, -0.1) is 0 Å². The van der Waals surface area contributed by atoms with Crippen LogP contribution in [0.15, 0.2) is 35.9 Å². The van der Waals surface area contributed by atoms with Crippen LogP contribution in [-0.2, 0) is 0 Å². The van der Waals surface area contributed by atoms with Gasteiger partial charge in [-0.2, -0.15) is 0 Å². The summed E-state index contributed by atoms with van der Waals surface area (Å²) in [5.41, 5.74) is 1.46. The van der Waals surface area contributed by atoms with Crippen molar-refractivity contribution in [2.45, 2.75) is 0 Å². The SMILES string of the molecule is N=C(Cl)C1C=CC=CC1/C=C/Cl. The molecule has 0 spiro atoms. The minimum absolute atomic E-state index is 0.0494. The molecule has 0 aromatic heterocycles. The van der Waals surface area contributed by atoms with Crippen LogP contribution in [-0.4, -0.2) is 5.17 Å². The lowest BCUT2D eigenvalue weighted by Crippen LogP contribution is -2.15. The summed E-state index contributed by atoms with van der Waals surface area (Å²) < 4.78 is 0. The standard InChI is InChI=1S/C9H9Cl2N/c10-6-5-7-3-1-2-4-8(7)9(11)12/h1-8,12H/b6-5+,12-9?. The largest absolute Gasteiger partial charge is 0.293 e. The summed E-state index contributed by atoms with van der Waals surface area (Å²) in [5.74, 6) is 0.0733. The molecular weight excluding hydrogens is 193 g/mol. The number of rotatable bonds is 2. The fourth-order valence-electron chi connectivity index (χ4n) is 1.15. The summed E-state index contributed by atoms with van der Waals surface area (Å²) in [7, 11) is 0. The second-order valence-electron chi connectivity index (χ2n) is 2.54. The van der Waals surface area contributed by atoms with E-state index in [1.807, 2.05) is 30.4 Å². The Balaban J connectivity index is 2.77. The summed E-state index contributed by atoms with van der Waals surface area (Å²) in [4.78, 5) is 0. The van der Waals surface area contributed by atoms with Gasteiger partial charge in [-0.1, -0.05) is 53.6 Å². The van der Waals surface area contributed by atoms with Crippen LogP contribution < -0.4 is 0 Å². The van der Waals surface area contributed by atoms with Crippen LogP contribution >= 0.6 is 23.2 Å². The van der Waals surface area contributed by atoms with E-state index in [4.69, 9.17) is 28.6 Å². The first-order valence-corrected chi connectivity index (χ1v) is 4.43. The van der Waals surface area contributed by atoms with E-state index >= 15 is 0 Å². The van der Waals surface area contributed by atoms with E-state index < -0.39 is 0 Å². The van der Waals surface area contributed by atoms with E-state index in [2.05, 4.69) is 0 Å². The molecule has 12 heavy (non-hydrogen) atoms. The maximum atomic E-state index is 7.30. The molecule has 0 heterocycles. The zero-order valence-electron chi connectivity index (χ0n) is 6.37. The van der Waals surface area contributed by atoms with Crippen molar-refractivity contribution in [1.29, 1.82) is 5.41 Å². The zero-order valence-corrected chi connectivity index (χ0v) is 7.89. The lowest BCUT2D eigenvalue weighted by molar-refractivity contribution is 0.708. The van der Waals surface area contributed by atoms with E-state index in [0.717, 1.165) is 0 Å². The number of halogens is 2. The van der Waals surface area contributed by atoms with Crippen LogP contribution in [0.5, 0.6) is 0 Å². The normalized spacial score (nSPS) is 28.2. The summed E-state index contributed by atoms with van der Waals surface area (Å²) in [6.07, 6.45) is 9.51. The minimum atomic E-state index is -0.0494. The van der Waals surface area contributed by atoms with Crippen molar-refractivity contribution in [3.05, 3.63) is 35.9 Å². The molecule has 0 saturated heterocycles. The van der Waals surface area contributed by atoms with Crippen LogP contribution in [0.4, 0.5) is 0 Å². The summed E-state index contributed by atoms with van der Waals surface area (Å²) in [5, 5.41) is 7.45. The second-order valence-corrected chi connectivity index (χ2v) is 3.20. The molecule has 0 bridgehead atoms. The molecule has 2 unspecified atom stereocenters. The van der Waals surface area contributed by atoms with Gasteiger partial charge >= 0.3 is 0 Å². The molecule has 1 N–H and O–H groups in total. The molecule has 0 aliphatic heterocycles. The van der Waals surface area contributed by atoms with Gasteiger partial charge < -0.3 is 0 Å². The monoisotopic (exact) mass is 201 g/mol. The second kappa shape index (κ2) is 4.48. The van der Waals surface area contributed by atoms with Crippen LogP contribution in [0.1, 0.15) is 0 Å². The van der Waals surface area contributed by atoms with Gasteiger partial charge in [0.2, 0.25) is 0 Å². The first kappa shape index (κ1) is 9.56. The molecule has 0 aromatic carbocycles. The van der Waals surface area contributed by atoms with Gasteiger partial charge in [-0.25, -0.2) is 0 Å². The fraction of sp³-hybridized carbons (Fsp3) is 0.222. The Hall–Kier alpha value is -0.530. The van der Waals surface area contributed by atoms with Crippen molar-refractivity contribution in [3.63, 3.8) is 0 Å². The van der Waals surface area contributed by atoms with Gasteiger partial charge in [0.1, 0.15) is 5.17 Å². The highest BCUT2D eigenvalue weighted by molar-refractivity contribution is 6.65. The molecule has 2 atom stereocenters. The highest BCUT2D eigenvalue weighted by atomic mass is 35.5. The minimum Gasteiger partial charge on any atom is -0.293 e. The Kier molecular flexibility index (Phi) is 3.57. The van der Waals surface area contributed by atoms with Gasteiger partial charge in [0.15, 0.2) is 0 Å². The van der Waals surface area contributed by atoms with E-state index in [0.29, 0.717) is 0 Å². The molecule has 0 aromatic rings. The van der Waals surface area contributed by atoms with E-state index in [-0.39, 0.29) is 17.0 Å². The van der Waals surface area contributed by atoms with Gasteiger partial charge in [0.25, 0.3) is 0 Å². The molecule has 0 amide bonds. The summed E-state index contributed by atoms with van der Waals surface area (Å²) in [6, 6.07) is 0. The van der Waals surface area contributed by atoms with Crippen molar-refractivity contribution < 1.29 is 0 Å². The van der Waals surface area contributed by atoms with Crippen LogP contribution in [0.25, 0.3) is 0 Å². The van der Waals surface area contributed by atoms with Crippen LogP contribution in [0, 0.1) is 17.2 Å². The molecule has 0 saturated carbocycles. The van der Waals surface area contributed by atoms with Gasteiger partial charge in [-0.05, 0) is 0 Å². The number of hydrogen-bond acceptors (Lipinski definition) is 1. The average molecular weight is 202 g/mol. The zero-order chi connectivity index (χ0) is 8.97. The highest BCUT2D eigenvalue weighted by Gasteiger charge is 2.18. The average Bonchev–Trinajstić information content (AvgIpc) is 2.05.